The van der Waals surface area contributed by atoms with Crippen LogP contribution in [0.2, 0.25) is 0 Å². The van der Waals surface area contributed by atoms with Crippen molar-refractivity contribution in [1.29, 1.82) is 0 Å². The largest absolute Gasteiger partial charge is 0.468 e. The van der Waals surface area contributed by atoms with Crippen molar-refractivity contribution in [2.24, 2.45) is 10.8 Å². The molecule has 1 aromatic rings. The van der Waals surface area contributed by atoms with E-state index in [1.165, 1.54) is 0 Å². The third-order valence-electron chi connectivity index (χ3n) is 7.28. The Morgan fingerprint density at radius 1 is 1.18 bits per heavy atom. The van der Waals surface area contributed by atoms with E-state index in [-0.39, 0.29) is 17.4 Å². The van der Waals surface area contributed by atoms with Crippen LogP contribution in [0, 0.1) is 10.8 Å². The van der Waals surface area contributed by atoms with E-state index >= 15 is 0 Å². The maximum absolute atomic E-state index is 13.5. The summed E-state index contributed by atoms with van der Waals surface area (Å²) in [5, 5.41) is 0. The number of urea groups is 1. The van der Waals surface area contributed by atoms with Crippen LogP contribution in [0.4, 0.5) is 4.79 Å². The van der Waals surface area contributed by atoms with E-state index in [9.17, 15) is 9.59 Å². The molecular weight excluding hydrogens is 356 g/mol. The Balaban J connectivity index is 1.56. The van der Waals surface area contributed by atoms with Crippen molar-refractivity contribution in [3.8, 4) is 0 Å². The van der Waals surface area contributed by atoms with Gasteiger partial charge in [-0.2, -0.15) is 0 Å². The van der Waals surface area contributed by atoms with Gasteiger partial charge in [0, 0.05) is 45.7 Å². The second-order valence-electron chi connectivity index (χ2n) is 8.89. The molecule has 0 saturated carbocycles. The van der Waals surface area contributed by atoms with Gasteiger partial charge >= 0.3 is 6.03 Å². The van der Waals surface area contributed by atoms with Gasteiger partial charge in [-0.3, -0.25) is 9.69 Å². The molecule has 0 aromatic carbocycles. The van der Waals surface area contributed by atoms with Gasteiger partial charge in [0.25, 0.3) is 0 Å². The molecule has 3 aliphatic rings. The summed E-state index contributed by atoms with van der Waals surface area (Å²) in [4.78, 5) is 34.2. The highest BCUT2D eigenvalue weighted by Crippen LogP contribution is 2.58. The Labute approximate surface area is 167 Å². The number of fused-ring (bicyclic) bond motifs is 1. The van der Waals surface area contributed by atoms with Crippen LogP contribution in [0.15, 0.2) is 22.8 Å². The lowest BCUT2D eigenvalue weighted by atomic mass is 9.60. The van der Waals surface area contributed by atoms with Gasteiger partial charge in [0.15, 0.2) is 0 Å². The van der Waals surface area contributed by atoms with Gasteiger partial charge in [0.05, 0.1) is 18.2 Å². The molecule has 1 atom stereocenters. The quantitative estimate of drug-likeness (QED) is 0.796. The van der Waals surface area contributed by atoms with Crippen molar-refractivity contribution >= 4 is 11.9 Å². The maximum Gasteiger partial charge on any atom is 0.319 e. The maximum atomic E-state index is 13.5. The molecule has 28 heavy (non-hydrogen) atoms. The first-order valence-corrected chi connectivity index (χ1v) is 10.4. The molecule has 7 heteroatoms. The molecule has 0 bridgehead atoms. The summed E-state index contributed by atoms with van der Waals surface area (Å²) in [6.07, 6.45) is 4.49. The zero-order valence-electron chi connectivity index (χ0n) is 17.3. The monoisotopic (exact) mass is 388 g/mol. The molecule has 154 valence electrons. The number of piperidine rings is 1. The van der Waals surface area contributed by atoms with Crippen molar-refractivity contribution in [2.75, 3.05) is 53.4 Å². The van der Waals surface area contributed by atoms with Crippen LogP contribution in [-0.4, -0.2) is 84.9 Å². The van der Waals surface area contributed by atoms with Gasteiger partial charge in [0.1, 0.15) is 5.76 Å². The van der Waals surface area contributed by atoms with E-state index in [0.29, 0.717) is 13.1 Å². The average Bonchev–Trinajstić information content (AvgIpc) is 3.38. The lowest BCUT2D eigenvalue weighted by Gasteiger charge is -2.46. The molecular formula is C21H32N4O3. The highest BCUT2D eigenvalue weighted by Gasteiger charge is 2.65. The third kappa shape index (κ3) is 2.91. The van der Waals surface area contributed by atoms with E-state index in [1.54, 1.807) is 25.3 Å². The summed E-state index contributed by atoms with van der Waals surface area (Å²) in [7, 11) is 3.58. The third-order valence-corrected chi connectivity index (χ3v) is 7.28. The molecule has 3 aliphatic heterocycles. The van der Waals surface area contributed by atoms with E-state index in [4.69, 9.17) is 4.42 Å². The fraction of sp³-hybridized carbons (Fsp3) is 0.714. The summed E-state index contributed by atoms with van der Waals surface area (Å²) in [5.41, 5.74) is -0.523. The Morgan fingerprint density at radius 2 is 1.93 bits per heavy atom. The number of rotatable bonds is 3. The molecule has 0 radical (unpaired) electrons. The predicted molar refractivity (Wildman–Crippen MR) is 106 cm³/mol. The fourth-order valence-corrected chi connectivity index (χ4v) is 5.66. The molecule has 3 fully saturated rings. The zero-order chi connectivity index (χ0) is 19.9. The van der Waals surface area contributed by atoms with Gasteiger partial charge in [-0.1, -0.05) is 0 Å². The minimum absolute atomic E-state index is 0.0250. The predicted octanol–water partition coefficient (Wildman–Crippen LogP) is 2.10. The van der Waals surface area contributed by atoms with Crippen molar-refractivity contribution in [2.45, 2.75) is 32.7 Å². The van der Waals surface area contributed by atoms with Crippen LogP contribution in [0.3, 0.4) is 0 Å². The highest BCUT2D eigenvalue weighted by atomic mass is 16.3. The van der Waals surface area contributed by atoms with Crippen molar-refractivity contribution < 1.29 is 14.0 Å². The zero-order valence-corrected chi connectivity index (χ0v) is 17.3. The van der Waals surface area contributed by atoms with Crippen LogP contribution >= 0.6 is 0 Å². The summed E-state index contributed by atoms with van der Waals surface area (Å²) in [6.45, 7) is 7.57. The average molecular weight is 389 g/mol. The van der Waals surface area contributed by atoms with E-state index in [0.717, 1.165) is 57.7 Å². The number of amides is 3. The molecule has 3 amide bonds. The van der Waals surface area contributed by atoms with Crippen molar-refractivity contribution in [3.05, 3.63) is 24.2 Å². The number of hydrogen-bond donors (Lipinski definition) is 0. The molecule has 4 rings (SSSR count). The van der Waals surface area contributed by atoms with Crippen LogP contribution in [0.5, 0.6) is 0 Å². The lowest BCUT2D eigenvalue weighted by Crippen LogP contribution is -2.52. The summed E-state index contributed by atoms with van der Waals surface area (Å²) in [5.74, 6) is 1.25. The molecule has 2 spiro atoms. The molecule has 3 saturated heterocycles. The van der Waals surface area contributed by atoms with Crippen LogP contribution in [0.25, 0.3) is 0 Å². The minimum atomic E-state index is -0.411. The number of carbonyl (C=O) groups excluding carboxylic acids is 2. The second kappa shape index (κ2) is 7.10. The molecule has 1 unspecified atom stereocenters. The first-order chi connectivity index (χ1) is 13.4. The van der Waals surface area contributed by atoms with Crippen molar-refractivity contribution in [3.63, 3.8) is 0 Å². The fourth-order valence-electron chi connectivity index (χ4n) is 5.66. The first kappa shape index (κ1) is 19.3. The second-order valence-corrected chi connectivity index (χ2v) is 8.89. The summed E-state index contributed by atoms with van der Waals surface area (Å²) in [6, 6.07) is 3.96. The van der Waals surface area contributed by atoms with Gasteiger partial charge in [-0.25, -0.2) is 4.79 Å². The molecule has 7 nitrogen and oxygen atoms in total. The Bertz CT molecular complexity index is 724. The van der Waals surface area contributed by atoms with Gasteiger partial charge in [0.2, 0.25) is 5.91 Å². The smallest absolute Gasteiger partial charge is 0.319 e. The van der Waals surface area contributed by atoms with Gasteiger partial charge < -0.3 is 19.1 Å². The Hall–Kier alpha value is -2.02. The van der Waals surface area contributed by atoms with E-state index in [2.05, 4.69) is 4.90 Å². The molecule has 1 aromatic heterocycles. The SMILES string of the molecule is CCN1CCC2(CN(C(=O)N(C)C)CC23CCN(Cc2ccco2)CC3)C1=O. The van der Waals surface area contributed by atoms with Crippen LogP contribution in [0.1, 0.15) is 31.9 Å². The van der Waals surface area contributed by atoms with E-state index < -0.39 is 5.41 Å². The van der Waals surface area contributed by atoms with Crippen molar-refractivity contribution in [1.82, 2.24) is 19.6 Å². The number of likely N-dealkylation sites (tertiary alicyclic amines) is 3. The minimum Gasteiger partial charge on any atom is -0.468 e. The summed E-state index contributed by atoms with van der Waals surface area (Å²) >= 11 is 0. The summed E-state index contributed by atoms with van der Waals surface area (Å²) < 4.78 is 5.51. The molecule has 0 N–H and O–H groups in total. The van der Waals surface area contributed by atoms with E-state index in [1.807, 2.05) is 28.9 Å². The first-order valence-electron chi connectivity index (χ1n) is 10.4. The topological polar surface area (TPSA) is 60.2 Å². The number of hydrogen-bond acceptors (Lipinski definition) is 4. The Kier molecular flexibility index (Phi) is 4.89. The number of nitrogens with zero attached hydrogens (tertiary/aromatic N) is 4. The van der Waals surface area contributed by atoms with Crippen LogP contribution < -0.4 is 0 Å². The normalized spacial score (nSPS) is 27.3. The van der Waals surface area contributed by atoms with Crippen LogP contribution in [-0.2, 0) is 11.3 Å². The lowest BCUT2D eigenvalue weighted by molar-refractivity contribution is -0.142. The highest BCUT2D eigenvalue weighted by molar-refractivity contribution is 5.88. The Morgan fingerprint density at radius 3 is 2.50 bits per heavy atom. The number of furan rings is 1. The van der Waals surface area contributed by atoms with Gasteiger partial charge in [-0.15, -0.1) is 0 Å². The molecule has 4 heterocycles. The molecule has 0 aliphatic carbocycles. The standard InChI is InChI=1S/C21H32N4O3/c1-4-24-12-9-21(18(24)26)16-25(19(27)22(2)3)15-20(21)7-10-23(11-8-20)14-17-6-5-13-28-17/h5-6,13H,4,7-12,14-16H2,1-3H3. The number of carbonyl (C=O) groups is 2. The van der Waals surface area contributed by atoms with Gasteiger partial charge in [-0.05, 0) is 51.4 Å².